The second-order valence-corrected chi connectivity index (χ2v) is 4.81. The maximum absolute atomic E-state index is 12.0. The summed E-state index contributed by atoms with van der Waals surface area (Å²) in [5, 5.41) is 0. The van der Waals surface area contributed by atoms with Crippen molar-refractivity contribution in [2.24, 2.45) is 5.92 Å². The molecule has 1 aliphatic heterocycles. The first-order valence-electron chi connectivity index (χ1n) is 6.44. The van der Waals surface area contributed by atoms with Gasteiger partial charge in [0.1, 0.15) is 0 Å². The van der Waals surface area contributed by atoms with E-state index in [1.165, 1.54) is 0 Å². The molecule has 1 aromatic carbocycles. The van der Waals surface area contributed by atoms with Gasteiger partial charge in [0.05, 0.1) is 0 Å². The number of carbonyl (C=O) groups excluding carboxylic acids is 1. The predicted molar refractivity (Wildman–Crippen MR) is 76.4 cm³/mol. The number of carbonyl (C=O) groups is 1. The topological polar surface area (TPSA) is 25.2 Å². The summed E-state index contributed by atoms with van der Waals surface area (Å²) < 4.78 is 2.04. The summed E-state index contributed by atoms with van der Waals surface area (Å²) in [5.74, 6) is 0.442. The quantitative estimate of drug-likeness (QED) is 0.771. The minimum Gasteiger partial charge on any atom is -0.324 e. The monoisotopic (exact) mass is 252 g/mol. The lowest BCUT2D eigenvalue weighted by Gasteiger charge is -2.17. The van der Waals surface area contributed by atoms with E-state index in [4.69, 9.17) is 0 Å². The Kier molecular flexibility index (Phi) is 2.95. The number of aromatic nitrogens is 1. The molecule has 3 nitrogen and oxygen atoms in total. The van der Waals surface area contributed by atoms with Crippen LogP contribution in [0.3, 0.4) is 0 Å². The van der Waals surface area contributed by atoms with Crippen molar-refractivity contribution in [1.29, 1.82) is 0 Å². The van der Waals surface area contributed by atoms with E-state index in [0.29, 0.717) is 6.42 Å². The van der Waals surface area contributed by atoms with Crippen LogP contribution in [0.1, 0.15) is 6.42 Å². The molecule has 1 aliphatic rings. The fourth-order valence-electron chi connectivity index (χ4n) is 2.47. The highest BCUT2D eigenvalue weighted by molar-refractivity contribution is 5.96. The van der Waals surface area contributed by atoms with Gasteiger partial charge in [-0.3, -0.25) is 4.79 Å². The maximum atomic E-state index is 12.0. The molecule has 2 aromatic rings. The number of nitrogens with zero attached hydrogens (tertiary/aromatic N) is 2. The Labute approximate surface area is 112 Å². The van der Waals surface area contributed by atoms with Crippen LogP contribution >= 0.6 is 0 Å². The molecule has 1 unspecified atom stereocenters. The van der Waals surface area contributed by atoms with Crippen molar-refractivity contribution in [3.05, 3.63) is 61.4 Å². The Hall–Kier alpha value is -2.29. The smallest absolute Gasteiger partial charge is 0.227 e. The first kappa shape index (κ1) is 11.8. The van der Waals surface area contributed by atoms with E-state index in [1.807, 2.05) is 64.3 Å². The highest BCUT2D eigenvalue weighted by Crippen LogP contribution is 2.27. The molecule has 0 bridgehead atoms. The van der Waals surface area contributed by atoms with Gasteiger partial charge in [-0.1, -0.05) is 12.1 Å². The molecule has 1 amide bonds. The summed E-state index contributed by atoms with van der Waals surface area (Å²) in [6.45, 7) is 4.51. The first-order chi connectivity index (χ1) is 9.28. The standard InChI is InChI=1S/C16H16N2O/c1-2-13-10-16(19)18(12-13)15-7-5-6-14(11-15)17-8-3-4-9-17/h2-9,11,13H,1,10,12H2. The summed E-state index contributed by atoms with van der Waals surface area (Å²) in [6, 6.07) is 12.0. The van der Waals surface area contributed by atoms with Crippen LogP contribution in [0.25, 0.3) is 5.69 Å². The van der Waals surface area contributed by atoms with E-state index in [-0.39, 0.29) is 11.8 Å². The zero-order valence-electron chi connectivity index (χ0n) is 10.7. The van der Waals surface area contributed by atoms with E-state index >= 15 is 0 Å². The highest BCUT2D eigenvalue weighted by Gasteiger charge is 2.28. The van der Waals surface area contributed by atoms with Crippen molar-refractivity contribution < 1.29 is 4.79 Å². The number of rotatable bonds is 3. The van der Waals surface area contributed by atoms with Gasteiger partial charge in [-0.25, -0.2) is 0 Å². The molecule has 0 radical (unpaired) electrons. The zero-order chi connectivity index (χ0) is 13.2. The van der Waals surface area contributed by atoms with Gasteiger partial charge in [-0.2, -0.15) is 0 Å². The third-order valence-electron chi connectivity index (χ3n) is 3.53. The van der Waals surface area contributed by atoms with Gasteiger partial charge in [0.2, 0.25) is 5.91 Å². The largest absolute Gasteiger partial charge is 0.324 e. The Balaban J connectivity index is 1.92. The summed E-state index contributed by atoms with van der Waals surface area (Å²) >= 11 is 0. The Morgan fingerprint density at radius 1 is 1.16 bits per heavy atom. The molecule has 3 heteroatoms. The van der Waals surface area contributed by atoms with E-state index in [9.17, 15) is 4.79 Å². The van der Waals surface area contributed by atoms with Crippen LogP contribution in [-0.4, -0.2) is 17.0 Å². The molecule has 0 N–H and O–H groups in total. The molecule has 1 fully saturated rings. The second kappa shape index (κ2) is 4.76. The minimum atomic E-state index is 0.176. The van der Waals surface area contributed by atoms with Crippen molar-refractivity contribution in [1.82, 2.24) is 4.57 Å². The molecule has 1 saturated heterocycles. The fourth-order valence-corrected chi connectivity index (χ4v) is 2.47. The van der Waals surface area contributed by atoms with Crippen molar-refractivity contribution >= 4 is 11.6 Å². The summed E-state index contributed by atoms with van der Waals surface area (Å²) in [4.78, 5) is 13.9. The molecule has 3 rings (SSSR count). The lowest BCUT2D eigenvalue weighted by molar-refractivity contribution is -0.117. The van der Waals surface area contributed by atoms with Crippen molar-refractivity contribution in [3.8, 4) is 5.69 Å². The van der Waals surface area contributed by atoms with Crippen LogP contribution in [-0.2, 0) is 4.79 Å². The Morgan fingerprint density at radius 2 is 1.89 bits per heavy atom. The van der Waals surface area contributed by atoms with Crippen LogP contribution in [0.15, 0.2) is 61.4 Å². The highest BCUT2D eigenvalue weighted by atomic mass is 16.2. The molecule has 0 spiro atoms. The SMILES string of the molecule is C=CC1CC(=O)N(c2cccc(-n3cccc3)c2)C1. The molecule has 0 aliphatic carbocycles. The van der Waals surface area contributed by atoms with Crippen LogP contribution in [0.2, 0.25) is 0 Å². The average Bonchev–Trinajstić information content (AvgIpc) is 3.08. The first-order valence-corrected chi connectivity index (χ1v) is 6.44. The van der Waals surface area contributed by atoms with Gasteiger partial charge in [0.15, 0.2) is 0 Å². The zero-order valence-corrected chi connectivity index (χ0v) is 10.7. The van der Waals surface area contributed by atoms with E-state index in [2.05, 4.69) is 6.58 Å². The number of amides is 1. The fraction of sp³-hybridized carbons (Fsp3) is 0.188. The predicted octanol–water partition coefficient (Wildman–Crippen LogP) is 3.02. The van der Waals surface area contributed by atoms with Crippen molar-refractivity contribution in [3.63, 3.8) is 0 Å². The molecular formula is C16H16N2O. The third-order valence-corrected chi connectivity index (χ3v) is 3.53. The molecule has 1 aromatic heterocycles. The van der Waals surface area contributed by atoms with E-state index in [1.54, 1.807) is 0 Å². The van der Waals surface area contributed by atoms with Gasteiger partial charge >= 0.3 is 0 Å². The van der Waals surface area contributed by atoms with Crippen molar-refractivity contribution in [2.75, 3.05) is 11.4 Å². The number of benzene rings is 1. The van der Waals surface area contributed by atoms with Crippen LogP contribution in [0, 0.1) is 5.92 Å². The summed E-state index contributed by atoms with van der Waals surface area (Å²) in [5.41, 5.74) is 2.03. The van der Waals surface area contributed by atoms with Crippen molar-refractivity contribution in [2.45, 2.75) is 6.42 Å². The van der Waals surface area contributed by atoms with Crippen LogP contribution in [0.5, 0.6) is 0 Å². The third kappa shape index (κ3) is 2.19. The Morgan fingerprint density at radius 3 is 2.58 bits per heavy atom. The molecule has 96 valence electrons. The number of hydrogen-bond acceptors (Lipinski definition) is 1. The lowest BCUT2D eigenvalue weighted by Crippen LogP contribution is -2.24. The lowest BCUT2D eigenvalue weighted by atomic mass is 10.1. The van der Waals surface area contributed by atoms with Crippen LogP contribution in [0.4, 0.5) is 5.69 Å². The normalized spacial score (nSPS) is 18.8. The summed E-state index contributed by atoms with van der Waals surface area (Å²) in [7, 11) is 0. The maximum Gasteiger partial charge on any atom is 0.227 e. The Bertz CT molecular complexity index is 601. The molecular weight excluding hydrogens is 236 g/mol. The van der Waals surface area contributed by atoms with Crippen LogP contribution < -0.4 is 4.90 Å². The molecule has 2 heterocycles. The molecule has 1 atom stereocenters. The van der Waals surface area contributed by atoms with Gasteiger partial charge in [0, 0.05) is 42.7 Å². The van der Waals surface area contributed by atoms with Gasteiger partial charge in [-0.05, 0) is 30.3 Å². The minimum absolute atomic E-state index is 0.176. The molecule has 0 saturated carbocycles. The van der Waals surface area contributed by atoms with Gasteiger partial charge < -0.3 is 9.47 Å². The van der Waals surface area contributed by atoms with E-state index < -0.39 is 0 Å². The molecule has 19 heavy (non-hydrogen) atoms. The number of anilines is 1. The second-order valence-electron chi connectivity index (χ2n) is 4.81. The average molecular weight is 252 g/mol. The van der Waals surface area contributed by atoms with E-state index in [0.717, 1.165) is 17.9 Å². The number of hydrogen-bond donors (Lipinski definition) is 0. The van der Waals surface area contributed by atoms with Gasteiger partial charge in [0.25, 0.3) is 0 Å². The van der Waals surface area contributed by atoms with Gasteiger partial charge in [-0.15, -0.1) is 6.58 Å². The summed E-state index contributed by atoms with van der Waals surface area (Å²) in [6.07, 6.45) is 6.43.